The summed E-state index contributed by atoms with van der Waals surface area (Å²) in [5.41, 5.74) is -0.451. The molecule has 0 spiro atoms. The fourth-order valence-corrected chi connectivity index (χ4v) is 1.90. The Morgan fingerprint density at radius 2 is 2.06 bits per heavy atom. The zero-order chi connectivity index (χ0) is 12.3. The second kappa shape index (κ2) is 4.86. The second-order valence-electron chi connectivity index (χ2n) is 4.61. The number of imide groups is 1. The van der Waals surface area contributed by atoms with Crippen molar-refractivity contribution in [2.45, 2.75) is 20.8 Å². The molecule has 1 rings (SSSR count). The molecule has 1 fully saturated rings. The summed E-state index contributed by atoms with van der Waals surface area (Å²) in [7, 11) is 0. The predicted octanol–water partition coefficient (Wildman–Crippen LogP) is 0.844. The van der Waals surface area contributed by atoms with E-state index in [1.807, 2.05) is 20.8 Å². The number of nitrogens with zero attached hydrogens (tertiary/aromatic N) is 1. The third-order valence-electron chi connectivity index (χ3n) is 2.14. The number of amides is 3. The Hall–Kier alpha value is -1.04. The maximum absolute atomic E-state index is 11.5. The number of rotatable bonds is 3. The molecule has 1 saturated heterocycles. The van der Waals surface area contributed by atoms with Crippen LogP contribution in [0.25, 0.3) is 0 Å². The third kappa shape index (κ3) is 3.23. The molecule has 90 valence electrons. The zero-order valence-electron chi connectivity index (χ0n) is 9.70. The van der Waals surface area contributed by atoms with Crippen LogP contribution >= 0.6 is 11.8 Å². The lowest BCUT2D eigenvalue weighted by atomic mass is 9.96. The van der Waals surface area contributed by atoms with Crippen LogP contribution in [0.4, 0.5) is 4.79 Å². The molecule has 16 heavy (non-hydrogen) atoms. The highest BCUT2D eigenvalue weighted by Crippen LogP contribution is 2.18. The van der Waals surface area contributed by atoms with Gasteiger partial charge in [-0.25, -0.2) is 0 Å². The van der Waals surface area contributed by atoms with Gasteiger partial charge in [0.15, 0.2) is 0 Å². The average Bonchev–Trinajstić information content (AvgIpc) is 2.47. The van der Waals surface area contributed by atoms with Crippen molar-refractivity contribution in [3.05, 3.63) is 0 Å². The van der Waals surface area contributed by atoms with Crippen LogP contribution in [0.2, 0.25) is 0 Å². The van der Waals surface area contributed by atoms with Crippen molar-refractivity contribution in [1.29, 1.82) is 0 Å². The second-order valence-corrected chi connectivity index (χ2v) is 5.53. The van der Waals surface area contributed by atoms with Gasteiger partial charge < -0.3 is 5.32 Å². The molecule has 1 heterocycles. The Balaban J connectivity index is 2.33. The molecule has 3 amide bonds. The van der Waals surface area contributed by atoms with Gasteiger partial charge in [-0.2, -0.15) is 0 Å². The Morgan fingerprint density at radius 3 is 2.50 bits per heavy atom. The van der Waals surface area contributed by atoms with Crippen LogP contribution in [0, 0.1) is 5.41 Å². The summed E-state index contributed by atoms with van der Waals surface area (Å²) in [5.74, 6) is -0.0502. The Morgan fingerprint density at radius 1 is 1.44 bits per heavy atom. The van der Waals surface area contributed by atoms with Gasteiger partial charge in [-0.05, 0) is 0 Å². The summed E-state index contributed by atoms with van der Waals surface area (Å²) < 4.78 is 0. The highest BCUT2D eigenvalue weighted by atomic mass is 32.2. The summed E-state index contributed by atoms with van der Waals surface area (Å²) in [5, 5.41) is 2.47. The lowest BCUT2D eigenvalue weighted by molar-refractivity contribution is -0.129. The molecule has 1 aliphatic heterocycles. The van der Waals surface area contributed by atoms with Gasteiger partial charge in [-0.3, -0.25) is 19.3 Å². The van der Waals surface area contributed by atoms with Crippen molar-refractivity contribution >= 4 is 28.8 Å². The quantitative estimate of drug-likeness (QED) is 0.799. The van der Waals surface area contributed by atoms with Crippen molar-refractivity contribution in [2.75, 3.05) is 18.8 Å². The molecule has 0 unspecified atom stereocenters. The van der Waals surface area contributed by atoms with E-state index >= 15 is 0 Å². The predicted molar refractivity (Wildman–Crippen MR) is 62.0 cm³/mol. The molecular weight excluding hydrogens is 228 g/mol. The van der Waals surface area contributed by atoms with E-state index in [-0.39, 0.29) is 29.4 Å². The van der Waals surface area contributed by atoms with E-state index in [1.165, 1.54) is 4.90 Å². The molecule has 5 nitrogen and oxygen atoms in total. The van der Waals surface area contributed by atoms with E-state index in [9.17, 15) is 14.4 Å². The molecule has 0 aromatic carbocycles. The minimum absolute atomic E-state index is 0.0840. The number of hydrogen-bond acceptors (Lipinski definition) is 4. The number of hydrogen-bond donors (Lipinski definition) is 1. The summed E-state index contributed by atoms with van der Waals surface area (Å²) in [6.07, 6.45) is 0. The van der Waals surface area contributed by atoms with E-state index in [2.05, 4.69) is 5.32 Å². The standard InChI is InChI=1S/C10H16N2O3S/c1-10(2,3)8(14)11-4-5-12-7(13)6-16-9(12)15/h4-6H2,1-3H3,(H,11,14). The Kier molecular flexibility index (Phi) is 3.96. The first-order valence-corrected chi connectivity index (χ1v) is 6.06. The normalized spacial score (nSPS) is 16.8. The number of nitrogens with one attached hydrogen (secondary N) is 1. The zero-order valence-corrected chi connectivity index (χ0v) is 10.5. The van der Waals surface area contributed by atoms with Crippen molar-refractivity contribution in [2.24, 2.45) is 5.41 Å². The SMILES string of the molecule is CC(C)(C)C(=O)NCCN1C(=O)CSC1=O. The maximum atomic E-state index is 11.5. The van der Waals surface area contributed by atoms with Crippen LogP contribution in [0.1, 0.15) is 20.8 Å². The van der Waals surface area contributed by atoms with Crippen LogP contribution in [0.3, 0.4) is 0 Å². The first-order chi connectivity index (χ1) is 7.32. The first-order valence-electron chi connectivity index (χ1n) is 5.08. The molecule has 1 N–H and O–H groups in total. The molecular formula is C10H16N2O3S. The van der Waals surface area contributed by atoms with Crippen LogP contribution in [0.15, 0.2) is 0 Å². The van der Waals surface area contributed by atoms with Crippen molar-refractivity contribution in [3.63, 3.8) is 0 Å². The number of thioether (sulfide) groups is 1. The third-order valence-corrected chi connectivity index (χ3v) is 3.00. The maximum Gasteiger partial charge on any atom is 0.288 e. The van der Waals surface area contributed by atoms with Gasteiger partial charge in [0.1, 0.15) is 0 Å². The van der Waals surface area contributed by atoms with E-state index in [0.717, 1.165) is 11.8 Å². The van der Waals surface area contributed by atoms with Gasteiger partial charge in [-0.15, -0.1) is 0 Å². The van der Waals surface area contributed by atoms with Gasteiger partial charge in [-0.1, -0.05) is 32.5 Å². The largest absolute Gasteiger partial charge is 0.354 e. The number of carbonyl (C=O) groups excluding carboxylic acids is 3. The number of carbonyl (C=O) groups is 3. The van der Waals surface area contributed by atoms with Gasteiger partial charge in [0.25, 0.3) is 5.24 Å². The van der Waals surface area contributed by atoms with Crippen molar-refractivity contribution in [3.8, 4) is 0 Å². The molecule has 0 aromatic heterocycles. The minimum atomic E-state index is -0.451. The van der Waals surface area contributed by atoms with Crippen LogP contribution in [-0.2, 0) is 9.59 Å². The Bertz CT molecular complexity index is 307. The molecule has 0 bridgehead atoms. The fourth-order valence-electron chi connectivity index (χ4n) is 1.14. The van der Waals surface area contributed by atoms with E-state index < -0.39 is 5.41 Å². The average molecular weight is 244 g/mol. The molecule has 1 aliphatic rings. The van der Waals surface area contributed by atoms with Crippen LogP contribution in [-0.4, -0.2) is 40.8 Å². The lowest BCUT2D eigenvalue weighted by Crippen LogP contribution is -2.41. The smallest absolute Gasteiger partial charge is 0.288 e. The van der Waals surface area contributed by atoms with Gasteiger partial charge in [0.2, 0.25) is 11.8 Å². The van der Waals surface area contributed by atoms with Gasteiger partial charge in [0, 0.05) is 18.5 Å². The van der Waals surface area contributed by atoms with Gasteiger partial charge in [0.05, 0.1) is 5.75 Å². The monoisotopic (exact) mass is 244 g/mol. The summed E-state index contributed by atoms with van der Waals surface area (Å²) in [6.45, 7) is 6.00. The molecule has 6 heteroatoms. The summed E-state index contributed by atoms with van der Waals surface area (Å²) in [6, 6.07) is 0. The van der Waals surface area contributed by atoms with Crippen LogP contribution < -0.4 is 5.32 Å². The van der Waals surface area contributed by atoms with Gasteiger partial charge >= 0.3 is 0 Å². The van der Waals surface area contributed by atoms with E-state index in [4.69, 9.17) is 0 Å². The van der Waals surface area contributed by atoms with Crippen molar-refractivity contribution < 1.29 is 14.4 Å². The molecule has 0 atom stereocenters. The minimum Gasteiger partial charge on any atom is -0.354 e. The first kappa shape index (κ1) is 13.0. The van der Waals surface area contributed by atoms with Crippen molar-refractivity contribution in [1.82, 2.24) is 10.2 Å². The topological polar surface area (TPSA) is 66.5 Å². The van der Waals surface area contributed by atoms with E-state index in [1.54, 1.807) is 0 Å². The molecule has 0 aromatic rings. The van der Waals surface area contributed by atoms with Crippen LogP contribution in [0.5, 0.6) is 0 Å². The molecule has 0 aliphatic carbocycles. The summed E-state index contributed by atoms with van der Waals surface area (Å²) >= 11 is 1.00. The molecule has 0 radical (unpaired) electrons. The molecule has 0 saturated carbocycles. The lowest BCUT2D eigenvalue weighted by Gasteiger charge is -2.19. The highest BCUT2D eigenvalue weighted by molar-refractivity contribution is 8.14. The Labute approximate surface area is 98.9 Å². The summed E-state index contributed by atoms with van der Waals surface area (Å²) in [4.78, 5) is 35.1. The fraction of sp³-hybridized carbons (Fsp3) is 0.700. The van der Waals surface area contributed by atoms with E-state index in [0.29, 0.717) is 6.54 Å². The highest BCUT2D eigenvalue weighted by Gasteiger charge is 2.29.